The molecule has 9 nitrogen and oxygen atoms in total. The lowest BCUT2D eigenvalue weighted by Crippen LogP contribution is -2.23. The Balaban J connectivity index is 1.54. The van der Waals surface area contributed by atoms with Crippen molar-refractivity contribution in [1.29, 1.82) is 0 Å². The van der Waals surface area contributed by atoms with Gasteiger partial charge in [-0.2, -0.15) is 5.10 Å². The van der Waals surface area contributed by atoms with Gasteiger partial charge in [-0.3, -0.25) is 20.0 Å². The van der Waals surface area contributed by atoms with E-state index in [2.05, 4.69) is 26.1 Å². The number of sulfone groups is 1. The van der Waals surface area contributed by atoms with Gasteiger partial charge in [0.25, 0.3) is 5.91 Å². The number of nitrogens with zero attached hydrogens (tertiary/aromatic N) is 1. The number of benzene rings is 2. The van der Waals surface area contributed by atoms with E-state index in [-0.39, 0.29) is 23.2 Å². The molecule has 1 aliphatic rings. The van der Waals surface area contributed by atoms with Crippen LogP contribution in [0.4, 0.5) is 11.5 Å². The number of rotatable bonds is 5. The fourth-order valence-corrected chi connectivity index (χ4v) is 5.15. The Hall–Kier alpha value is -3.50. The third-order valence-corrected chi connectivity index (χ3v) is 6.89. The van der Waals surface area contributed by atoms with Crippen molar-refractivity contribution < 1.29 is 18.0 Å². The van der Waals surface area contributed by atoms with Gasteiger partial charge in [0.05, 0.1) is 10.6 Å². The molecule has 0 saturated carbocycles. The molecule has 2 heterocycles. The Kier molecular flexibility index (Phi) is 5.34. The Bertz CT molecular complexity index is 1270. The quantitative estimate of drug-likeness (QED) is 0.483. The number of aryl methyl sites for hydroxylation is 1. The third kappa shape index (κ3) is 4.07. The zero-order chi connectivity index (χ0) is 22.2. The van der Waals surface area contributed by atoms with Crippen molar-refractivity contribution in [2.75, 3.05) is 10.6 Å². The molecule has 0 bridgehead atoms. The average molecular weight is 439 g/mol. The zero-order valence-corrected chi connectivity index (χ0v) is 17.7. The van der Waals surface area contributed by atoms with Crippen LogP contribution in [-0.4, -0.2) is 30.4 Å². The van der Waals surface area contributed by atoms with Gasteiger partial charge in [-0.05, 0) is 48.9 Å². The molecule has 1 aromatic heterocycles. The first-order chi connectivity index (χ1) is 14.8. The van der Waals surface area contributed by atoms with Crippen LogP contribution in [0.15, 0.2) is 53.4 Å². The summed E-state index contributed by atoms with van der Waals surface area (Å²) in [6, 6.07) is 13.1. The second-order valence-corrected chi connectivity index (χ2v) is 9.33. The second-order valence-electron chi connectivity index (χ2n) is 7.30. The number of carbonyl (C=O) groups is 2. The summed E-state index contributed by atoms with van der Waals surface area (Å²) in [5.41, 5.74) is 2.82. The molecule has 2 amide bonds. The van der Waals surface area contributed by atoms with Gasteiger partial charge in [0.1, 0.15) is 0 Å². The van der Waals surface area contributed by atoms with Gasteiger partial charge in [-0.25, -0.2) is 8.42 Å². The molecular formula is C21H21N5O4S. The molecule has 1 atom stereocenters. The second kappa shape index (κ2) is 7.97. The van der Waals surface area contributed by atoms with Crippen molar-refractivity contribution in [1.82, 2.24) is 15.5 Å². The van der Waals surface area contributed by atoms with E-state index >= 15 is 0 Å². The maximum absolute atomic E-state index is 13.1. The Labute approximate surface area is 179 Å². The lowest BCUT2D eigenvalue weighted by atomic mass is 10.2. The number of anilines is 2. The SMILES string of the molecule is CC(=O)Nc1ccc(C(=O)Nc2n[nH]c3c2CNC3S(=O)(=O)c2cccc(C)c2)cc1. The predicted molar refractivity (Wildman–Crippen MR) is 115 cm³/mol. The largest absolute Gasteiger partial charge is 0.326 e. The minimum absolute atomic E-state index is 0.202. The molecule has 0 fully saturated rings. The smallest absolute Gasteiger partial charge is 0.256 e. The summed E-state index contributed by atoms with van der Waals surface area (Å²) in [5, 5.41) is 14.2. The fourth-order valence-electron chi connectivity index (χ4n) is 3.46. The molecule has 31 heavy (non-hydrogen) atoms. The van der Waals surface area contributed by atoms with Gasteiger partial charge in [0.15, 0.2) is 21.0 Å². The van der Waals surface area contributed by atoms with E-state index in [1.54, 1.807) is 42.5 Å². The van der Waals surface area contributed by atoms with E-state index in [1.165, 1.54) is 6.92 Å². The molecule has 160 valence electrons. The molecule has 1 aliphatic heterocycles. The van der Waals surface area contributed by atoms with Crippen LogP contribution in [0.2, 0.25) is 0 Å². The number of hydrogen-bond acceptors (Lipinski definition) is 6. The molecule has 1 unspecified atom stereocenters. The van der Waals surface area contributed by atoms with Gasteiger partial charge in [0.2, 0.25) is 5.91 Å². The maximum atomic E-state index is 13.1. The standard InChI is InChI=1S/C21H21N5O4S/c1-12-4-3-5-16(10-12)31(29,30)21-18-17(11-22-21)19(26-25-18)24-20(28)14-6-8-15(9-7-14)23-13(2)27/h3-10,21-22H,11H2,1-2H3,(H,23,27)(H2,24,25,26,28). The van der Waals surface area contributed by atoms with Crippen LogP contribution in [0.1, 0.15) is 39.5 Å². The highest BCUT2D eigenvalue weighted by molar-refractivity contribution is 7.91. The number of nitrogens with one attached hydrogen (secondary N) is 4. The predicted octanol–water partition coefficient (Wildman–Crippen LogP) is 2.50. The summed E-state index contributed by atoms with van der Waals surface area (Å²) >= 11 is 0. The van der Waals surface area contributed by atoms with Gasteiger partial charge in [-0.1, -0.05) is 12.1 Å². The van der Waals surface area contributed by atoms with Crippen LogP contribution >= 0.6 is 0 Å². The number of carbonyl (C=O) groups excluding carboxylic acids is 2. The first kappa shape index (κ1) is 20.8. The zero-order valence-electron chi connectivity index (χ0n) is 16.9. The first-order valence-corrected chi connectivity index (χ1v) is 11.1. The van der Waals surface area contributed by atoms with Crippen LogP contribution in [0.5, 0.6) is 0 Å². The van der Waals surface area contributed by atoms with Crippen LogP contribution < -0.4 is 16.0 Å². The van der Waals surface area contributed by atoms with Crippen molar-refractivity contribution >= 4 is 33.2 Å². The van der Waals surface area contributed by atoms with E-state index in [0.717, 1.165) is 5.56 Å². The number of fused-ring (bicyclic) bond motifs is 1. The van der Waals surface area contributed by atoms with E-state index < -0.39 is 21.1 Å². The van der Waals surface area contributed by atoms with Crippen LogP contribution in [0.3, 0.4) is 0 Å². The maximum Gasteiger partial charge on any atom is 0.256 e. The van der Waals surface area contributed by atoms with Crippen molar-refractivity contribution in [3.63, 3.8) is 0 Å². The highest BCUT2D eigenvalue weighted by Crippen LogP contribution is 2.35. The minimum Gasteiger partial charge on any atom is -0.326 e. The molecule has 0 saturated heterocycles. The lowest BCUT2D eigenvalue weighted by Gasteiger charge is -2.12. The summed E-state index contributed by atoms with van der Waals surface area (Å²) in [5.74, 6) is -0.319. The van der Waals surface area contributed by atoms with Crippen LogP contribution in [-0.2, 0) is 21.2 Å². The van der Waals surface area contributed by atoms with Crippen molar-refractivity contribution in [2.24, 2.45) is 0 Å². The van der Waals surface area contributed by atoms with Gasteiger partial charge >= 0.3 is 0 Å². The summed E-state index contributed by atoms with van der Waals surface area (Å²) in [6.07, 6.45) is 0. The number of hydrogen-bond donors (Lipinski definition) is 4. The third-order valence-electron chi connectivity index (χ3n) is 4.95. The molecule has 10 heteroatoms. The van der Waals surface area contributed by atoms with Crippen LogP contribution in [0, 0.1) is 6.92 Å². The first-order valence-electron chi connectivity index (χ1n) is 9.56. The Morgan fingerprint density at radius 2 is 1.84 bits per heavy atom. The highest BCUT2D eigenvalue weighted by atomic mass is 32.2. The lowest BCUT2D eigenvalue weighted by molar-refractivity contribution is -0.114. The summed E-state index contributed by atoms with van der Waals surface area (Å²) in [7, 11) is -3.69. The molecule has 0 aliphatic carbocycles. The summed E-state index contributed by atoms with van der Waals surface area (Å²) < 4.78 is 26.2. The van der Waals surface area contributed by atoms with E-state index in [9.17, 15) is 18.0 Å². The molecule has 0 radical (unpaired) electrons. The fraction of sp³-hybridized carbons (Fsp3) is 0.190. The van der Waals surface area contributed by atoms with Crippen molar-refractivity contribution in [3.8, 4) is 0 Å². The number of aromatic nitrogens is 2. The van der Waals surface area contributed by atoms with Crippen LogP contribution in [0.25, 0.3) is 0 Å². The van der Waals surface area contributed by atoms with Gasteiger partial charge in [0, 0.05) is 30.3 Å². The topological polar surface area (TPSA) is 133 Å². The molecule has 0 spiro atoms. The molecule has 4 N–H and O–H groups in total. The highest BCUT2D eigenvalue weighted by Gasteiger charge is 2.38. The van der Waals surface area contributed by atoms with E-state index in [1.807, 2.05) is 13.0 Å². The van der Waals surface area contributed by atoms with E-state index in [0.29, 0.717) is 22.5 Å². The van der Waals surface area contributed by atoms with E-state index in [4.69, 9.17) is 0 Å². The Morgan fingerprint density at radius 1 is 1.10 bits per heavy atom. The summed E-state index contributed by atoms with van der Waals surface area (Å²) in [4.78, 5) is 23.9. The average Bonchev–Trinajstić information content (AvgIpc) is 3.31. The molecule has 2 aromatic carbocycles. The minimum atomic E-state index is -3.69. The van der Waals surface area contributed by atoms with Crippen molar-refractivity contribution in [3.05, 3.63) is 70.9 Å². The number of amides is 2. The van der Waals surface area contributed by atoms with Gasteiger partial charge < -0.3 is 10.6 Å². The normalized spacial score (nSPS) is 15.4. The monoisotopic (exact) mass is 439 g/mol. The van der Waals surface area contributed by atoms with Crippen molar-refractivity contribution in [2.45, 2.75) is 30.7 Å². The number of H-pyrrole nitrogens is 1. The van der Waals surface area contributed by atoms with Gasteiger partial charge in [-0.15, -0.1) is 0 Å². The Morgan fingerprint density at radius 3 is 2.52 bits per heavy atom. The number of aromatic amines is 1. The molecular weight excluding hydrogens is 418 g/mol. The molecule has 4 rings (SSSR count). The summed E-state index contributed by atoms with van der Waals surface area (Å²) in [6.45, 7) is 3.48. The molecule has 3 aromatic rings.